The average molecular weight is 864 g/mol. The molecule has 21 heteroatoms. The van der Waals surface area contributed by atoms with Crippen LogP contribution in [0, 0.1) is 0 Å². The summed E-state index contributed by atoms with van der Waals surface area (Å²) in [6.45, 7) is 4.51. The van der Waals surface area contributed by atoms with Crippen LogP contribution in [0.15, 0.2) is 0 Å². The first-order valence-corrected chi connectivity index (χ1v) is 21.6. The summed E-state index contributed by atoms with van der Waals surface area (Å²) in [6, 6.07) is -4.07. The van der Waals surface area contributed by atoms with Gasteiger partial charge >= 0.3 is 0 Å². The Balaban J connectivity index is 0.978. The normalized spacial score (nSPS) is 48.9. The van der Waals surface area contributed by atoms with Crippen LogP contribution >= 0.6 is 0 Å². The molecule has 4 aliphatic heterocycles. The van der Waals surface area contributed by atoms with Gasteiger partial charge in [-0.3, -0.25) is 14.6 Å². The predicted molar refractivity (Wildman–Crippen MR) is 212 cm³/mol. The number of ether oxygens (including phenoxy) is 7. The quantitative estimate of drug-likeness (QED) is 0.0688. The summed E-state index contributed by atoms with van der Waals surface area (Å²) in [5.74, 6) is -2.91. The maximum Gasteiger partial charge on any atom is 0.280 e. The molecule has 0 aromatic carbocycles. The van der Waals surface area contributed by atoms with Crippen molar-refractivity contribution in [2.24, 2.45) is 22.9 Å². The molecule has 21 nitrogen and oxygen atoms in total. The number of aliphatic hydroxyl groups excluding tert-OH is 4. The average Bonchev–Trinajstić information content (AvgIpc) is 3.18. The van der Waals surface area contributed by atoms with Crippen molar-refractivity contribution in [3.63, 3.8) is 0 Å². The molecule has 15 N–H and O–H groups in total. The Kier molecular flexibility index (Phi) is 16.1. The molecular formula is C39H73N7O14. The molecule has 0 aromatic heterocycles. The van der Waals surface area contributed by atoms with Gasteiger partial charge in [0.05, 0.1) is 49.1 Å². The van der Waals surface area contributed by atoms with E-state index in [0.717, 1.165) is 25.7 Å². The first kappa shape index (κ1) is 48.3. The van der Waals surface area contributed by atoms with E-state index in [9.17, 15) is 35.4 Å². The second kappa shape index (κ2) is 19.9. The maximum absolute atomic E-state index is 12.8. The Bertz CT molecular complexity index is 1410. The molecule has 6 rings (SSSR count). The number of nitrogens with two attached hydrogens (primary N) is 4. The molecule has 0 amide bonds. The van der Waals surface area contributed by atoms with Crippen LogP contribution in [0.1, 0.15) is 65.2 Å². The Hall–Kier alpha value is -1.13. The van der Waals surface area contributed by atoms with Gasteiger partial charge in [-0.1, -0.05) is 12.8 Å². The van der Waals surface area contributed by atoms with Gasteiger partial charge in [0.1, 0.15) is 48.3 Å². The lowest BCUT2D eigenvalue weighted by Gasteiger charge is -2.56. The highest BCUT2D eigenvalue weighted by molar-refractivity contribution is 5.87. The number of hydrogen-bond acceptors (Lipinski definition) is 21. The van der Waals surface area contributed by atoms with Crippen LogP contribution in [0.5, 0.6) is 0 Å². The number of carbonyl (C=O) groups is 1. The number of nitrogens with one attached hydrogen (secondary N) is 1. The standard InChI is InChI=1S/C39H73N7O14/c1-18-14-23(47)39(53)37(55-18)59-33-27(49)25(26(48)24(44-3)32(33)60-39)45(4)12-8-6-7-9-13-46(5)34-29(51)36(54-17-38(34,2)52)58-31-22(43)15-21(42)30(28(31)50)57-35-20(41)11-10-19(16-40)56-35/h18-22,24-37,44,48-53H,6-17,40-43H2,1-5H3/t18-,19+,20-,21+,22-,24+,25-,26-,27+,28+,29-,30?,31?,32-,33-,34-,35?,36?,37+,38+,39+/m1/s1. The maximum atomic E-state index is 12.8. The van der Waals surface area contributed by atoms with Crippen molar-refractivity contribution < 1.29 is 68.6 Å². The Morgan fingerprint density at radius 3 is 2.08 bits per heavy atom. The number of ketones is 1. The third kappa shape index (κ3) is 9.91. The topological polar surface area (TPSA) is 326 Å². The van der Waals surface area contributed by atoms with Gasteiger partial charge in [-0.05, 0) is 80.2 Å². The molecule has 0 bridgehead atoms. The van der Waals surface area contributed by atoms with E-state index >= 15 is 0 Å². The minimum Gasteiger partial charge on any atom is -0.390 e. The molecule has 0 aromatic rings. The number of rotatable bonds is 15. The molecule has 4 heterocycles. The third-order valence-corrected chi connectivity index (χ3v) is 13.5. The zero-order valence-electron chi connectivity index (χ0n) is 35.6. The van der Waals surface area contributed by atoms with Crippen LogP contribution < -0.4 is 28.3 Å². The predicted octanol–water partition coefficient (Wildman–Crippen LogP) is -4.90. The fourth-order valence-corrected chi connectivity index (χ4v) is 10.1. The highest BCUT2D eigenvalue weighted by Crippen LogP contribution is 2.41. The number of nitrogens with zero attached hydrogens (tertiary/aromatic N) is 2. The van der Waals surface area contributed by atoms with Crippen molar-refractivity contribution in [3.8, 4) is 0 Å². The Morgan fingerprint density at radius 2 is 1.45 bits per heavy atom. The van der Waals surface area contributed by atoms with E-state index in [4.69, 9.17) is 56.1 Å². The molecule has 60 heavy (non-hydrogen) atoms. The summed E-state index contributed by atoms with van der Waals surface area (Å²) in [4.78, 5) is 16.5. The van der Waals surface area contributed by atoms with Gasteiger partial charge in [0.15, 0.2) is 18.4 Å². The van der Waals surface area contributed by atoms with Crippen molar-refractivity contribution in [2.75, 3.05) is 47.4 Å². The highest BCUT2D eigenvalue weighted by atomic mass is 16.8. The second-order valence-corrected chi connectivity index (χ2v) is 18.3. The van der Waals surface area contributed by atoms with Gasteiger partial charge in [-0.2, -0.15) is 0 Å². The number of aliphatic hydroxyl groups is 6. The van der Waals surface area contributed by atoms with E-state index in [1.54, 1.807) is 20.9 Å². The number of hydrogen-bond donors (Lipinski definition) is 11. The van der Waals surface area contributed by atoms with E-state index in [1.165, 1.54) is 0 Å². The van der Waals surface area contributed by atoms with Gasteiger partial charge in [-0.15, -0.1) is 0 Å². The third-order valence-electron chi connectivity index (χ3n) is 13.5. The van der Waals surface area contributed by atoms with E-state index in [2.05, 4.69) is 5.32 Å². The molecular weight excluding hydrogens is 790 g/mol. The van der Waals surface area contributed by atoms with Crippen LogP contribution in [-0.2, 0) is 38.0 Å². The highest BCUT2D eigenvalue weighted by Gasteiger charge is 2.64. The molecule has 2 saturated carbocycles. The van der Waals surface area contributed by atoms with Crippen molar-refractivity contribution in [1.82, 2.24) is 15.1 Å². The Labute approximate surface area is 352 Å². The largest absolute Gasteiger partial charge is 0.390 e. The zero-order chi connectivity index (χ0) is 43.8. The SMILES string of the molecule is CN[C@H]1[C@@H](O)[C@@H](N(C)CCCCCCN(C)[C@@H]2[C@@H](O)C(OC3[C@@H](O)C(OC4O[C@H](CN)CC[C@H]4N)[C@@H](N)C[C@H]3N)OC[C@]2(C)O)[C@H](O)[C@H]2O[C@@H]3O[C@H](C)CC(=O)[C@]3(O)O[C@H]12. The summed E-state index contributed by atoms with van der Waals surface area (Å²) in [7, 11) is 5.26. The number of fused-ring (bicyclic) bond motifs is 2. The fourth-order valence-electron chi connectivity index (χ4n) is 10.1. The van der Waals surface area contributed by atoms with Crippen molar-refractivity contribution in [1.29, 1.82) is 0 Å². The van der Waals surface area contributed by atoms with Gasteiger partial charge in [0.25, 0.3) is 5.79 Å². The van der Waals surface area contributed by atoms with Gasteiger partial charge in [-0.25, -0.2) is 0 Å². The summed E-state index contributed by atoms with van der Waals surface area (Å²) in [5, 5.41) is 71.5. The van der Waals surface area contributed by atoms with Gasteiger partial charge in [0, 0.05) is 25.0 Å². The lowest BCUT2D eigenvalue weighted by Crippen LogP contribution is -2.77. The fraction of sp³-hybridized carbons (Fsp3) is 0.974. The van der Waals surface area contributed by atoms with Crippen LogP contribution in [-0.4, -0.2) is 221 Å². The van der Waals surface area contributed by atoms with Crippen molar-refractivity contribution in [2.45, 2.75) is 193 Å². The van der Waals surface area contributed by atoms with Gasteiger partial charge < -0.3 is 92.0 Å². The monoisotopic (exact) mass is 864 g/mol. The molecule has 6 fully saturated rings. The minimum absolute atomic E-state index is 0.0570. The summed E-state index contributed by atoms with van der Waals surface area (Å²) in [6.07, 6.45) is -8.45. The zero-order valence-corrected chi connectivity index (χ0v) is 35.6. The molecule has 4 saturated heterocycles. The summed E-state index contributed by atoms with van der Waals surface area (Å²) in [5.41, 5.74) is 23.5. The van der Waals surface area contributed by atoms with Crippen LogP contribution in [0.25, 0.3) is 0 Å². The van der Waals surface area contributed by atoms with Crippen molar-refractivity contribution >= 4 is 5.78 Å². The number of unbranched alkanes of at least 4 members (excludes halogenated alkanes) is 3. The van der Waals surface area contributed by atoms with Crippen molar-refractivity contribution in [3.05, 3.63) is 0 Å². The minimum atomic E-state index is -2.33. The van der Waals surface area contributed by atoms with Crippen LogP contribution in [0.4, 0.5) is 0 Å². The Morgan fingerprint density at radius 1 is 0.817 bits per heavy atom. The molecule has 2 aliphatic carbocycles. The second-order valence-electron chi connectivity index (χ2n) is 18.3. The van der Waals surface area contributed by atoms with Crippen LogP contribution in [0.2, 0.25) is 0 Å². The smallest absolute Gasteiger partial charge is 0.280 e. The van der Waals surface area contributed by atoms with Crippen LogP contribution in [0.3, 0.4) is 0 Å². The van der Waals surface area contributed by atoms with E-state index in [1.807, 2.05) is 23.9 Å². The van der Waals surface area contributed by atoms with E-state index in [-0.39, 0.29) is 25.6 Å². The molecule has 21 atom stereocenters. The number of likely N-dealkylation sites (N-methyl/N-ethyl adjacent to an activating group) is 3. The lowest BCUT2D eigenvalue weighted by molar-refractivity contribution is -0.421. The molecule has 4 unspecified atom stereocenters. The van der Waals surface area contributed by atoms with E-state index < -0.39 is 127 Å². The van der Waals surface area contributed by atoms with E-state index in [0.29, 0.717) is 32.5 Å². The first-order valence-electron chi connectivity index (χ1n) is 21.6. The molecule has 0 spiro atoms. The first-order chi connectivity index (χ1) is 28.3. The number of Topliss-reactive ketones (excluding diaryl/α,β-unsaturated/α-hetero) is 1. The summed E-state index contributed by atoms with van der Waals surface area (Å²) < 4.78 is 41.7. The van der Waals surface area contributed by atoms with Gasteiger partial charge in [0.2, 0.25) is 6.29 Å². The lowest BCUT2D eigenvalue weighted by atomic mass is 9.79. The summed E-state index contributed by atoms with van der Waals surface area (Å²) >= 11 is 0. The molecule has 0 radical (unpaired) electrons. The number of carbonyl (C=O) groups excluding carboxylic acids is 1. The molecule has 6 aliphatic rings. The molecule has 348 valence electrons.